The van der Waals surface area contributed by atoms with E-state index in [2.05, 4.69) is 9.97 Å². The molecule has 0 saturated carbocycles. The van der Waals surface area contributed by atoms with Gasteiger partial charge in [-0.05, 0) is 6.92 Å². The van der Waals surface area contributed by atoms with Gasteiger partial charge >= 0.3 is 0 Å². The number of furan rings is 1. The number of hydrogen-bond donors (Lipinski definition) is 0. The zero-order valence-electron chi connectivity index (χ0n) is 9.14. The van der Waals surface area contributed by atoms with Crippen molar-refractivity contribution in [1.29, 1.82) is 0 Å². The van der Waals surface area contributed by atoms with Crippen LogP contribution < -0.4 is 0 Å². The van der Waals surface area contributed by atoms with Gasteiger partial charge in [-0.25, -0.2) is 9.97 Å². The molecule has 3 nitrogen and oxygen atoms in total. The molecule has 0 aliphatic carbocycles. The minimum atomic E-state index is 0.415. The number of rotatable bonds is 1. The van der Waals surface area contributed by atoms with Crippen LogP contribution in [-0.2, 0) is 0 Å². The molecule has 0 aliphatic heterocycles. The first-order chi connectivity index (χ1) is 8.24. The molecule has 0 fully saturated rings. The SMILES string of the molecule is Cc1nc2oc(-c3ccccc3)cc2nc1Cl. The predicted octanol–water partition coefficient (Wildman–Crippen LogP) is 3.85. The van der Waals surface area contributed by atoms with Gasteiger partial charge in [-0.15, -0.1) is 0 Å². The highest BCUT2D eigenvalue weighted by Gasteiger charge is 2.10. The maximum absolute atomic E-state index is 5.93. The fourth-order valence-corrected chi connectivity index (χ4v) is 1.80. The maximum Gasteiger partial charge on any atom is 0.246 e. The molecule has 84 valence electrons. The van der Waals surface area contributed by atoms with Crippen LogP contribution in [0.5, 0.6) is 0 Å². The average Bonchev–Trinajstić information content (AvgIpc) is 2.74. The third kappa shape index (κ3) is 1.78. The topological polar surface area (TPSA) is 38.9 Å². The summed E-state index contributed by atoms with van der Waals surface area (Å²) in [5.41, 5.74) is 2.87. The molecule has 17 heavy (non-hydrogen) atoms. The summed E-state index contributed by atoms with van der Waals surface area (Å²) in [5.74, 6) is 0.752. The molecular formula is C13H9ClN2O. The number of nitrogens with zero attached hydrogens (tertiary/aromatic N) is 2. The number of fused-ring (bicyclic) bond motifs is 1. The highest BCUT2D eigenvalue weighted by atomic mass is 35.5. The van der Waals surface area contributed by atoms with E-state index >= 15 is 0 Å². The second-order valence-electron chi connectivity index (χ2n) is 3.77. The standard InChI is InChI=1S/C13H9ClN2O/c1-8-12(14)16-10-7-11(17-13(10)15-8)9-5-3-2-4-6-9/h2-7H,1H3. The van der Waals surface area contributed by atoms with Gasteiger partial charge in [0, 0.05) is 11.6 Å². The van der Waals surface area contributed by atoms with Crippen molar-refractivity contribution in [3.63, 3.8) is 0 Å². The highest BCUT2D eigenvalue weighted by molar-refractivity contribution is 6.30. The van der Waals surface area contributed by atoms with E-state index in [0.717, 1.165) is 11.3 Å². The fraction of sp³-hybridized carbons (Fsp3) is 0.0769. The first kappa shape index (κ1) is 10.3. The van der Waals surface area contributed by atoms with E-state index in [4.69, 9.17) is 16.0 Å². The summed E-state index contributed by atoms with van der Waals surface area (Å²) in [6.07, 6.45) is 0. The second kappa shape index (κ2) is 3.86. The lowest BCUT2D eigenvalue weighted by atomic mass is 10.2. The molecule has 0 saturated heterocycles. The van der Waals surface area contributed by atoms with Gasteiger partial charge < -0.3 is 4.42 Å². The van der Waals surface area contributed by atoms with E-state index < -0.39 is 0 Å². The molecule has 0 spiro atoms. The van der Waals surface area contributed by atoms with E-state index in [1.165, 1.54) is 0 Å². The lowest BCUT2D eigenvalue weighted by Crippen LogP contribution is -1.85. The Labute approximate surface area is 103 Å². The summed E-state index contributed by atoms with van der Waals surface area (Å²) in [6, 6.07) is 11.7. The van der Waals surface area contributed by atoms with Crippen LogP contribution in [0, 0.1) is 6.92 Å². The minimum absolute atomic E-state index is 0.415. The Kier molecular flexibility index (Phi) is 2.34. The van der Waals surface area contributed by atoms with Crippen molar-refractivity contribution in [3.05, 3.63) is 47.2 Å². The zero-order chi connectivity index (χ0) is 11.8. The van der Waals surface area contributed by atoms with E-state index in [9.17, 15) is 0 Å². The molecule has 0 aliphatic rings. The fourth-order valence-electron chi connectivity index (χ4n) is 1.66. The molecule has 3 aromatic rings. The molecular weight excluding hydrogens is 236 g/mol. The smallest absolute Gasteiger partial charge is 0.246 e. The van der Waals surface area contributed by atoms with Gasteiger partial charge in [0.15, 0.2) is 5.15 Å². The van der Waals surface area contributed by atoms with E-state index in [1.54, 1.807) is 6.92 Å². The van der Waals surface area contributed by atoms with Gasteiger partial charge in [-0.2, -0.15) is 0 Å². The normalized spacial score (nSPS) is 10.9. The quantitative estimate of drug-likeness (QED) is 0.653. The molecule has 0 amide bonds. The third-order valence-electron chi connectivity index (χ3n) is 2.54. The largest absolute Gasteiger partial charge is 0.436 e. The number of aryl methyl sites for hydroxylation is 1. The minimum Gasteiger partial charge on any atom is -0.436 e. The van der Waals surface area contributed by atoms with Crippen molar-refractivity contribution >= 4 is 22.8 Å². The summed E-state index contributed by atoms with van der Waals surface area (Å²) < 4.78 is 5.66. The van der Waals surface area contributed by atoms with Crippen LogP contribution in [0.3, 0.4) is 0 Å². The Morgan fingerprint density at radius 2 is 1.88 bits per heavy atom. The van der Waals surface area contributed by atoms with Crippen LogP contribution in [0.2, 0.25) is 5.15 Å². The number of aromatic nitrogens is 2. The molecule has 0 atom stereocenters. The van der Waals surface area contributed by atoms with Crippen molar-refractivity contribution in [2.45, 2.75) is 6.92 Å². The summed E-state index contributed by atoms with van der Waals surface area (Å²) >= 11 is 5.93. The number of hydrogen-bond acceptors (Lipinski definition) is 3. The van der Waals surface area contributed by atoms with Crippen LogP contribution in [0.15, 0.2) is 40.8 Å². The predicted molar refractivity (Wildman–Crippen MR) is 67.0 cm³/mol. The van der Waals surface area contributed by atoms with Crippen molar-refractivity contribution in [1.82, 2.24) is 9.97 Å². The molecule has 0 bridgehead atoms. The molecule has 4 heteroatoms. The van der Waals surface area contributed by atoms with Crippen LogP contribution >= 0.6 is 11.6 Å². The monoisotopic (exact) mass is 244 g/mol. The molecule has 0 N–H and O–H groups in total. The second-order valence-corrected chi connectivity index (χ2v) is 4.12. The van der Waals surface area contributed by atoms with E-state index in [1.807, 2.05) is 36.4 Å². The van der Waals surface area contributed by atoms with E-state index in [-0.39, 0.29) is 0 Å². The first-order valence-corrected chi connectivity index (χ1v) is 5.61. The Hall–Kier alpha value is -1.87. The van der Waals surface area contributed by atoms with E-state index in [0.29, 0.717) is 22.1 Å². The first-order valence-electron chi connectivity index (χ1n) is 5.23. The summed E-state index contributed by atoms with van der Waals surface area (Å²) in [6.45, 7) is 1.81. The van der Waals surface area contributed by atoms with Gasteiger partial charge in [-0.1, -0.05) is 41.9 Å². The number of halogens is 1. The summed E-state index contributed by atoms with van der Waals surface area (Å²) in [7, 11) is 0. The van der Waals surface area contributed by atoms with Crippen LogP contribution in [0.4, 0.5) is 0 Å². The Balaban J connectivity index is 2.21. The molecule has 2 aromatic heterocycles. The zero-order valence-corrected chi connectivity index (χ0v) is 9.90. The maximum atomic E-state index is 5.93. The van der Waals surface area contributed by atoms with Crippen LogP contribution in [0.25, 0.3) is 22.6 Å². The molecule has 3 rings (SSSR count). The van der Waals surface area contributed by atoms with Gasteiger partial charge in [0.05, 0.1) is 5.69 Å². The molecule has 0 unspecified atom stereocenters. The lowest BCUT2D eigenvalue weighted by molar-refractivity contribution is 0.616. The highest BCUT2D eigenvalue weighted by Crippen LogP contribution is 2.26. The number of benzene rings is 1. The third-order valence-corrected chi connectivity index (χ3v) is 2.90. The van der Waals surface area contributed by atoms with Gasteiger partial charge in [-0.3, -0.25) is 0 Å². The van der Waals surface area contributed by atoms with Gasteiger partial charge in [0.2, 0.25) is 5.71 Å². The Morgan fingerprint density at radius 1 is 1.12 bits per heavy atom. The summed E-state index contributed by atoms with van der Waals surface area (Å²) in [5, 5.41) is 0.415. The molecule has 2 heterocycles. The van der Waals surface area contributed by atoms with Gasteiger partial charge in [0.25, 0.3) is 0 Å². The summed E-state index contributed by atoms with van der Waals surface area (Å²) in [4.78, 5) is 8.49. The van der Waals surface area contributed by atoms with Crippen LogP contribution in [-0.4, -0.2) is 9.97 Å². The van der Waals surface area contributed by atoms with Crippen LogP contribution in [0.1, 0.15) is 5.69 Å². The Bertz CT molecular complexity index is 637. The van der Waals surface area contributed by atoms with Crippen molar-refractivity contribution in [3.8, 4) is 11.3 Å². The average molecular weight is 245 g/mol. The van der Waals surface area contributed by atoms with Crippen molar-refractivity contribution < 1.29 is 4.42 Å². The molecule has 0 radical (unpaired) electrons. The Morgan fingerprint density at radius 3 is 2.65 bits per heavy atom. The molecule has 1 aromatic carbocycles. The van der Waals surface area contributed by atoms with Gasteiger partial charge in [0.1, 0.15) is 11.3 Å². The lowest BCUT2D eigenvalue weighted by Gasteiger charge is -1.94. The van der Waals surface area contributed by atoms with Crippen molar-refractivity contribution in [2.75, 3.05) is 0 Å². The van der Waals surface area contributed by atoms with Crippen molar-refractivity contribution in [2.24, 2.45) is 0 Å².